The van der Waals surface area contributed by atoms with Gasteiger partial charge in [0.25, 0.3) is 0 Å². The van der Waals surface area contributed by atoms with E-state index in [1.54, 1.807) is 18.2 Å². The second kappa shape index (κ2) is 10.2. The quantitative estimate of drug-likeness (QED) is 0.481. The van der Waals surface area contributed by atoms with Crippen LogP contribution >= 0.6 is 11.8 Å². The Labute approximate surface area is 182 Å². The first kappa shape index (κ1) is 23.2. The summed E-state index contributed by atoms with van der Waals surface area (Å²) in [5, 5.41) is 2.83. The summed E-state index contributed by atoms with van der Waals surface area (Å²) in [5.74, 6) is 0.535. The van der Waals surface area contributed by atoms with E-state index in [4.69, 9.17) is 9.47 Å². The largest absolute Gasteiger partial charge is 0.493 e. The highest BCUT2D eigenvalue weighted by molar-refractivity contribution is 7.99. The number of carbonyl (C=O) groups excluding carboxylic acids is 1. The summed E-state index contributed by atoms with van der Waals surface area (Å²) in [7, 11) is 2.91. The van der Waals surface area contributed by atoms with Crippen molar-refractivity contribution < 1.29 is 27.4 Å². The van der Waals surface area contributed by atoms with Crippen LogP contribution in [-0.2, 0) is 11.0 Å². The van der Waals surface area contributed by atoms with Crippen LogP contribution in [0.15, 0.2) is 29.4 Å². The number of carbonyl (C=O) groups is 1. The number of rotatable bonds is 7. The Morgan fingerprint density at radius 2 is 1.81 bits per heavy atom. The SMILES string of the molecule is COc1ccc(-c2cc(C(F)(F)F)nc(SCC(=O)NC3CCCCC3)n2)cc1OC. The number of amides is 1. The molecule has 1 aromatic heterocycles. The fraction of sp³-hybridized carbons (Fsp3) is 0.476. The molecule has 0 radical (unpaired) electrons. The van der Waals surface area contributed by atoms with Gasteiger partial charge in [0.05, 0.1) is 25.7 Å². The molecular formula is C21H24F3N3O3S. The highest BCUT2D eigenvalue weighted by atomic mass is 32.2. The van der Waals surface area contributed by atoms with Crippen LogP contribution < -0.4 is 14.8 Å². The highest BCUT2D eigenvalue weighted by Crippen LogP contribution is 2.35. The zero-order valence-corrected chi connectivity index (χ0v) is 18.1. The first-order valence-corrected chi connectivity index (χ1v) is 10.9. The zero-order valence-electron chi connectivity index (χ0n) is 17.3. The molecule has 6 nitrogen and oxygen atoms in total. The van der Waals surface area contributed by atoms with Gasteiger partial charge in [0.2, 0.25) is 5.91 Å². The third-order valence-corrected chi connectivity index (χ3v) is 5.83. The Kier molecular flexibility index (Phi) is 7.64. The number of hydrogen-bond acceptors (Lipinski definition) is 6. The van der Waals surface area contributed by atoms with Gasteiger partial charge in [0, 0.05) is 11.6 Å². The molecule has 0 unspecified atom stereocenters. The van der Waals surface area contributed by atoms with Gasteiger partial charge in [-0.15, -0.1) is 0 Å². The normalized spacial score (nSPS) is 14.9. The number of thioether (sulfide) groups is 1. The number of aromatic nitrogens is 2. The van der Waals surface area contributed by atoms with Crippen molar-refractivity contribution >= 4 is 17.7 Å². The van der Waals surface area contributed by atoms with E-state index < -0.39 is 11.9 Å². The molecule has 1 aliphatic carbocycles. The summed E-state index contributed by atoms with van der Waals surface area (Å²) in [4.78, 5) is 20.1. The Balaban J connectivity index is 1.81. The van der Waals surface area contributed by atoms with Gasteiger partial charge in [-0.2, -0.15) is 13.2 Å². The first-order valence-electron chi connectivity index (χ1n) is 9.91. The maximum atomic E-state index is 13.4. The Bertz CT molecular complexity index is 918. The summed E-state index contributed by atoms with van der Waals surface area (Å²) in [6.45, 7) is 0. The summed E-state index contributed by atoms with van der Waals surface area (Å²) in [6, 6.07) is 5.74. The van der Waals surface area contributed by atoms with E-state index in [-0.39, 0.29) is 28.6 Å². The van der Waals surface area contributed by atoms with Crippen LogP contribution in [0.4, 0.5) is 13.2 Å². The third kappa shape index (κ3) is 6.25. The molecule has 1 N–H and O–H groups in total. The second-order valence-electron chi connectivity index (χ2n) is 7.18. The molecule has 0 atom stereocenters. The highest BCUT2D eigenvalue weighted by Gasteiger charge is 2.34. The average molecular weight is 456 g/mol. The average Bonchev–Trinajstić information content (AvgIpc) is 2.77. The third-order valence-electron chi connectivity index (χ3n) is 4.98. The monoisotopic (exact) mass is 455 g/mol. The second-order valence-corrected chi connectivity index (χ2v) is 8.12. The van der Waals surface area contributed by atoms with Crippen molar-refractivity contribution in [3.63, 3.8) is 0 Å². The lowest BCUT2D eigenvalue weighted by Gasteiger charge is -2.22. The van der Waals surface area contributed by atoms with Crippen molar-refractivity contribution in [2.24, 2.45) is 0 Å². The summed E-state index contributed by atoms with van der Waals surface area (Å²) < 4.78 is 50.6. The Hall–Kier alpha value is -2.49. The lowest BCUT2D eigenvalue weighted by atomic mass is 9.95. The number of nitrogens with zero attached hydrogens (tertiary/aromatic N) is 2. The van der Waals surface area contributed by atoms with Crippen LogP contribution in [0.3, 0.4) is 0 Å². The van der Waals surface area contributed by atoms with E-state index in [1.165, 1.54) is 14.2 Å². The van der Waals surface area contributed by atoms with E-state index in [0.717, 1.165) is 49.9 Å². The van der Waals surface area contributed by atoms with Gasteiger partial charge in [0.15, 0.2) is 16.7 Å². The van der Waals surface area contributed by atoms with Gasteiger partial charge < -0.3 is 14.8 Å². The molecule has 1 fully saturated rings. The fourth-order valence-electron chi connectivity index (χ4n) is 3.42. The Morgan fingerprint density at radius 1 is 1.10 bits per heavy atom. The molecule has 0 spiro atoms. The molecule has 2 aromatic rings. The van der Waals surface area contributed by atoms with Gasteiger partial charge in [0.1, 0.15) is 5.69 Å². The minimum Gasteiger partial charge on any atom is -0.493 e. The van der Waals surface area contributed by atoms with Crippen LogP contribution in [-0.4, -0.2) is 41.9 Å². The van der Waals surface area contributed by atoms with Gasteiger partial charge in [-0.3, -0.25) is 4.79 Å². The molecule has 168 valence electrons. The molecule has 1 aliphatic rings. The van der Waals surface area contributed by atoms with Crippen molar-refractivity contribution in [2.75, 3.05) is 20.0 Å². The van der Waals surface area contributed by atoms with Crippen molar-refractivity contribution in [3.8, 4) is 22.8 Å². The minimum atomic E-state index is -4.64. The van der Waals surface area contributed by atoms with Gasteiger partial charge in [-0.25, -0.2) is 9.97 Å². The summed E-state index contributed by atoms with van der Waals surface area (Å²) in [6.07, 6.45) is 0.527. The molecule has 1 aromatic carbocycles. The van der Waals surface area contributed by atoms with Crippen molar-refractivity contribution in [1.82, 2.24) is 15.3 Å². The molecular weight excluding hydrogens is 431 g/mol. The van der Waals surface area contributed by atoms with Crippen molar-refractivity contribution in [3.05, 3.63) is 30.0 Å². The predicted octanol–water partition coefficient (Wildman–Crippen LogP) is 4.72. The fourth-order valence-corrected chi connectivity index (χ4v) is 4.09. The van der Waals surface area contributed by atoms with Gasteiger partial charge in [-0.1, -0.05) is 31.0 Å². The van der Waals surface area contributed by atoms with E-state index in [1.807, 2.05) is 0 Å². The maximum absolute atomic E-state index is 13.4. The van der Waals surface area contributed by atoms with Crippen molar-refractivity contribution in [1.29, 1.82) is 0 Å². The molecule has 10 heteroatoms. The molecule has 0 bridgehead atoms. The van der Waals surface area contributed by atoms with E-state index in [9.17, 15) is 18.0 Å². The Morgan fingerprint density at radius 3 is 2.45 bits per heavy atom. The zero-order chi connectivity index (χ0) is 22.4. The molecule has 0 aliphatic heterocycles. The topological polar surface area (TPSA) is 73.3 Å². The van der Waals surface area contributed by atoms with E-state index >= 15 is 0 Å². The molecule has 1 amide bonds. The maximum Gasteiger partial charge on any atom is 0.433 e. The van der Waals surface area contributed by atoms with Crippen LogP contribution in [0.1, 0.15) is 37.8 Å². The number of halogens is 3. The predicted molar refractivity (Wildman–Crippen MR) is 111 cm³/mol. The first-order chi connectivity index (χ1) is 14.8. The summed E-state index contributed by atoms with van der Waals surface area (Å²) in [5.41, 5.74) is -0.569. The van der Waals surface area contributed by atoms with Crippen LogP contribution in [0, 0.1) is 0 Å². The summed E-state index contributed by atoms with van der Waals surface area (Å²) >= 11 is 0.884. The van der Waals surface area contributed by atoms with Crippen LogP contribution in [0.2, 0.25) is 0 Å². The number of methoxy groups -OCH3 is 2. The molecule has 31 heavy (non-hydrogen) atoms. The number of ether oxygens (including phenoxy) is 2. The lowest BCUT2D eigenvalue weighted by Crippen LogP contribution is -2.37. The van der Waals surface area contributed by atoms with Crippen molar-refractivity contribution in [2.45, 2.75) is 49.5 Å². The van der Waals surface area contributed by atoms with Gasteiger partial charge >= 0.3 is 6.18 Å². The van der Waals surface area contributed by atoms with E-state index in [0.29, 0.717) is 17.1 Å². The smallest absolute Gasteiger partial charge is 0.433 e. The minimum absolute atomic E-state index is 0.0524. The van der Waals surface area contributed by atoms with Gasteiger partial charge in [-0.05, 0) is 37.1 Å². The number of alkyl halides is 3. The number of hydrogen-bond donors (Lipinski definition) is 1. The van der Waals surface area contributed by atoms with E-state index in [2.05, 4.69) is 15.3 Å². The molecule has 3 rings (SSSR count). The number of benzene rings is 1. The molecule has 1 heterocycles. The molecule has 0 saturated heterocycles. The molecule has 1 saturated carbocycles. The number of nitrogens with one attached hydrogen (secondary N) is 1. The lowest BCUT2D eigenvalue weighted by molar-refractivity contribution is -0.141. The van der Waals surface area contributed by atoms with Crippen LogP contribution in [0.5, 0.6) is 11.5 Å². The van der Waals surface area contributed by atoms with Crippen LogP contribution in [0.25, 0.3) is 11.3 Å². The standard InChI is InChI=1S/C21H24F3N3O3S/c1-29-16-9-8-13(10-17(16)30-2)15-11-18(21(22,23)24)27-20(26-15)31-12-19(28)25-14-6-4-3-5-7-14/h8-11,14H,3-7,12H2,1-2H3,(H,25,28).